The summed E-state index contributed by atoms with van der Waals surface area (Å²) in [5, 5.41) is 10.2. The predicted octanol–water partition coefficient (Wildman–Crippen LogP) is 3.56. The van der Waals surface area contributed by atoms with Crippen molar-refractivity contribution in [3.8, 4) is 0 Å². The van der Waals surface area contributed by atoms with E-state index in [-0.39, 0.29) is 0 Å². The fourth-order valence-electron chi connectivity index (χ4n) is 2.24. The molecule has 0 radical (unpaired) electrons. The average molecular weight is 277 g/mol. The Hall–Kier alpha value is -1.13. The number of hydrogen-bond donors (Lipinski definition) is 1. The summed E-state index contributed by atoms with van der Waals surface area (Å²) in [5.74, 6) is 0. The summed E-state index contributed by atoms with van der Waals surface area (Å²) >= 11 is 1.85. The molecule has 2 heterocycles. The van der Waals surface area contributed by atoms with Crippen molar-refractivity contribution in [3.05, 3.63) is 39.8 Å². The molecule has 0 amide bonds. The van der Waals surface area contributed by atoms with Crippen LogP contribution in [0.2, 0.25) is 0 Å². The molecule has 1 unspecified atom stereocenters. The summed E-state index contributed by atoms with van der Waals surface area (Å²) in [7, 11) is 0. The van der Waals surface area contributed by atoms with Crippen LogP contribution in [-0.4, -0.2) is 16.3 Å². The molecule has 2 rings (SSSR count). The number of aromatic nitrogens is 2. The monoisotopic (exact) mass is 277 g/mol. The Labute approximate surface area is 119 Å². The van der Waals surface area contributed by atoms with Crippen LogP contribution >= 0.6 is 11.3 Å². The molecule has 1 atom stereocenters. The van der Waals surface area contributed by atoms with Crippen molar-refractivity contribution in [1.29, 1.82) is 0 Å². The molecule has 0 saturated heterocycles. The standard InChI is InChI=1S/C15H23N3S/c1-4-7-16-14(15-12(3)6-8-19-15)9-13-10-17-18(5-2)11-13/h6,8,10-11,14,16H,4-5,7,9H2,1-3H3. The molecule has 1 N–H and O–H groups in total. The highest BCUT2D eigenvalue weighted by Gasteiger charge is 2.15. The van der Waals surface area contributed by atoms with Crippen LogP contribution in [0, 0.1) is 6.92 Å². The fourth-order valence-corrected chi connectivity index (χ4v) is 3.24. The van der Waals surface area contributed by atoms with Crippen LogP contribution in [0.25, 0.3) is 0 Å². The van der Waals surface area contributed by atoms with Crippen molar-refractivity contribution >= 4 is 11.3 Å². The van der Waals surface area contributed by atoms with Gasteiger partial charge in [0.05, 0.1) is 6.20 Å². The molecular formula is C15H23N3S. The summed E-state index contributed by atoms with van der Waals surface area (Å²) in [6, 6.07) is 2.62. The molecule has 0 aliphatic rings. The number of aryl methyl sites for hydroxylation is 2. The van der Waals surface area contributed by atoms with E-state index in [1.807, 2.05) is 22.2 Å². The topological polar surface area (TPSA) is 29.9 Å². The lowest BCUT2D eigenvalue weighted by molar-refractivity contribution is 0.534. The van der Waals surface area contributed by atoms with Gasteiger partial charge in [-0.2, -0.15) is 5.10 Å². The quantitative estimate of drug-likeness (QED) is 0.838. The molecule has 3 nitrogen and oxygen atoms in total. The zero-order valence-electron chi connectivity index (χ0n) is 12.0. The Morgan fingerprint density at radius 1 is 1.42 bits per heavy atom. The second-order valence-electron chi connectivity index (χ2n) is 4.88. The number of rotatable bonds is 7. The normalized spacial score (nSPS) is 12.8. The van der Waals surface area contributed by atoms with Crippen LogP contribution in [0.15, 0.2) is 23.8 Å². The van der Waals surface area contributed by atoms with E-state index in [4.69, 9.17) is 0 Å². The van der Waals surface area contributed by atoms with Crippen LogP contribution in [0.3, 0.4) is 0 Å². The molecule has 0 aromatic carbocycles. The maximum Gasteiger partial charge on any atom is 0.0522 e. The van der Waals surface area contributed by atoms with E-state index in [0.717, 1.165) is 25.9 Å². The number of nitrogens with one attached hydrogen (secondary N) is 1. The first-order chi connectivity index (χ1) is 9.24. The summed E-state index contributed by atoms with van der Waals surface area (Å²) in [6.07, 6.45) is 6.33. The van der Waals surface area contributed by atoms with Gasteiger partial charge in [-0.05, 0) is 55.8 Å². The predicted molar refractivity (Wildman–Crippen MR) is 81.7 cm³/mol. The molecule has 0 bridgehead atoms. The van der Waals surface area contributed by atoms with Gasteiger partial charge in [-0.3, -0.25) is 4.68 Å². The molecule has 104 valence electrons. The third-order valence-corrected chi connectivity index (χ3v) is 4.44. The molecule has 0 spiro atoms. The molecule has 4 heteroatoms. The van der Waals surface area contributed by atoms with Crippen molar-refractivity contribution in [2.75, 3.05) is 6.54 Å². The first-order valence-corrected chi connectivity index (χ1v) is 7.91. The van der Waals surface area contributed by atoms with Gasteiger partial charge < -0.3 is 5.32 Å². The highest BCUT2D eigenvalue weighted by atomic mass is 32.1. The molecule has 0 saturated carbocycles. The van der Waals surface area contributed by atoms with Crippen molar-refractivity contribution in [3.63, 3.8) is 0 Å². The Bertz CT molecular complexity index is 501. The van der Waals surface area contributed by atoms with E-state index < -0.39 is 0 Å². The molecular weight excluding hydrogens is 254 g/mol. The molecule has 2 aromatic heterocycles. The first kappa shape index (κ1) is 14.3. The van der Waals surface area contributed by atoms with Crippen LogP contribution in [0.5, 0.6) is 0 Å². The highest BCUT2D eigenvalue weighted by molar-refractivity contribution is 7.10. The second-order valence-corrected chi connectivity index (χ2v) is 5.83. The lowest BCUT2D eigenvalue weighted by Crippen LogP contribution is -2.23. The van der Waals surface area contributed by atoms with Gasteiger partial charge in [0.1, 0.15) is 0 Å². The van der Waals surface area contributed by atoms with Gasteiger partial charge in [-0.15, -0.1) is 11.3 Å². The summed E-state index contributed by atoms with van der Waals surface area (Å²) in [6.45, 7) is 8.52. The van der Waals surface area contributed by atoms with Crippen molar-refractivity contribution in [2.24, 2.45) is 0 Å². The second kappa shape index (κ2) is 6.87. The Morgan fingerprint density at radius 2 is 2.26 bits per heavy atom. The van der Waals surface area contributed by atoms with Crippen LogP contribution in [0.1, 0.15) is 42.3 Å². The Balaban J connectivity index is 2.11. The SMILES string of the molecule is CCCNC(Cc1cnn(CC)c1)c1sccc1C. The number of hydrogen-bond acceptors (Lipinski definition) is 3. The highest BCUT2D eigenvalue weighted by Crippen LogP contribution is 2.26. The van der Waals surface area contributed by atoms with E-state index >= 15 is 0 Å². The maximum absolute atomic E-state index is 4.36. The summed E-state index contributed by atoms with van der Waals surface area (Å²) in [4.78, 5) is 1.46. The number of thiophene rings is 1. The van der Waals surface area contributed by atoms with E-state index in [0.29, 0.717) is 6.04 Å². The molecule has 19 heavy (non-hydrogen) atoms. The van der Waals surface area contributed by atoms with Gasteiger partial charge in [-0.1, -0.05) is 6.92 Å². The van der Waals surface area contributed by atoms with E-state index in [1.54, 1.807) is 0 Å². The fraction of sp³-hybridized carbons (Fsp3) is 0.533. The summed E-state index contributed by atoms with van der Waals surface area (Å²) in [5.41, 5.74) is 2.70. The summed E-state index contributed by atoms with van der Waals surface area (Å²) < 4.78 is 1.99. The lowest BCUT2D eigenvalue weighted by atomic mass is 10.1. The van der Waals surface area contributed by atoms with Crippen molar-refractivity contribution in [2.45, 2.75) is 46.2 Å². The molecule has 2 aromatic rings. The minimum absolute atomic E-state index is 0.412. The number of nitrogens with zero attached hydrogens (tertiary/aromatic N) is 2. The van der Waals surface area contributed by atoms with Gasteiger partial charge in [0, 0.05) is 23.7 Å². The van der Waals surface area contributed by atoms with Crippen LogP contribution in [0.4, 0.5) is 0 Å². The van der Waals surface area contributed by atoms with Gasteiger partial charge in [0.25, 0.3) is 0 Å². The lowest BCUT2D eigenvalue weighted by Gasteiger charge is -2.17. The van der Waals surface area contributed by atoms with Crippen LogP contribution in [-0.2, 0) is 13.0 Å². The minimum Gasteiger partial charge on any atom is -0.309 e. The van der Waals surface area contributed by atoms with Gasteiger partial charge in [0.2, 0.25) is 0 Å². The smallest absolute Gasteiger partial charge is 0.0522 e. The maximum atomic E-state index is 4.36. The zero-order chi connectivity index (χ0) is 13.7. The molecule has 0 fully saturated rings. The molecule has 0 aliphatic carbocycles. The van der Waals surface area contributed by atoms with Gasteiger partial charge in [0.15, 0.2) is 0 Å². The van der Waals surface area contributed by atoms with E-state index in [1.165, 1.54) is 16.0 Å². The van der Waals surface area contributed by atoms with Crippen molar-refractivity contribution in [1.82, 2.24) is 15.1 Å². The Kier molecular flexibility index (Phi) is 5.16. The van der Waals surface area contributed by atoms with E-state index in [9.17, 15) is 0 Å². The van der Waals surface area contributed by atoms with E-state index in [2.05, 4.69) is 48.8 Å². The van der Waals surface area contributed by atoms with Gasteiger partial charge >= 0.3 is 0 Å². The van der Waals surface area contributed by atoms with Gasteiger partial charge in [-0.25, -0.2) is 0 Å². The van der Waals surface area contributed by atoms with Crippen LogP contribution < -0.4 is 5.32 Å². The average Bonchev–Trinajstić information content (AvgIpc) is 3.03. The third kappa shape index (κ3) is 3.67. The van der Waals surface area contributed by atoms with Crippen molar-refractivity contribution < 1.29 is 0 Å². The Morgan fingerprint density at radius 3 is 2.84 bits per heavy atom. The third-order valence-electron chi connectivity index (χ3n) is 3.31. The molecule has 0 aliphatic heterocycles. The largest absolute Gasteiger partial charge is 0.309 e. The first-order valence-electron chi connectivity index (χ1n) is 7.03. The zero-order valence-corrected chi connectivity index (χ0v) is 12.8. The minimum atomic E-state index is 0.412.